The van der Waals surface area contributed by atoms with Gasteiger partial charge in [0.2, 0.25) is 6.79 Å². The average Bonchev–Trinajstić information content (AvgIpc) is 3.09. The van der Waals surface area contributed by atoms with Crippen molar-refractivity contribution in [3.63, 3.8) is 0 Å². The molecule has 2 aliphatic rings. The maximum Gasteiger partial charge on any atom is 0.262 e. The van der Waals surface area contributed by atoms with Gasteiger partial charge in [-0.1, -0.05) is 24.3 Å². The first-order valence-corrected chi connectivity index (χ1v) is 7.06. The Morgan fingerprint density at radius 3 is 2.90 bits per heavy atom. The molecule has 21 heavy (non-hydrogen) atoms. The number of carbonyl (C=O) groups is 1. The second-order valence-electron chi connectivity index (χ2n) is 5.40. The number of hydrogen-bond donors (Lipinski definition) is 0. The van der Waals surface area contributed by atoms with Crippen LogP contribution >= 0.6 is 0 Å². The molecule has 0 aromatic heterocycles. The molecule has 2 aliphatic heterocycles. The number of anilines is 1. The van der Waals surface area contributed by atoms with Gasteiger partial charge in [-0.05, 0) is 37.1 Å². The van der Waals surface area contributed by atoms with Crippen LogP contribution < -0.4 is 14.4 Å². The van der Waals surface area contributed by atoms with Gasteiger partial charge in [-0.3, -0.25) is 4.79 Å². The number of fused-ring (bicyclic) bond motifs is 2. The van der Waals surface area contributed by atoms with Gasteiger partial charge in [0.1, 0.15) is 0 Å². The second-order valence-corrected chi connectivity index (χ2v) is 5.40. The van der Waals surface area contributed by atoms with Crippen LogP contribution in [-0.2, 0) is 6.42 Å². The van der Waals surface area contributed by atoms with Crippen LogP contribution in [0.5, 0.6) is 11.5 Å². The zero-order valence-corrected chi connectivity index (χ0v) is 11.7. The number of nitrogens with zero attached hydrogens (tertiary/aromatic N) is 1. The highest BCUT2D eigenvalue weighted by molar-refractivity contribution is 6.10. The maximum atomic E-state index is 13.0. The van der Waals surface area contributed by atoms with E-state index in [1.54, 1.807) is 6.07 Å². The molecule has 2 aromatic rings. The molecule has 4 rings (SSSR count). The molecule has 0 aliphatic carbocycles. The first kappa shape index (κ1) is 12.3. The average molecular weight is 281 g/mol. The fourth-order valence-corrected chi connectivity index (χ4v) is 3.10. The van der Waals surface area contributed by atoms with Crippen LogP contribution in [-0.4, -0.2) is 18.7 Å². The van der Waals surface area contributed by atoms with E-state index in [0.717, 1.165) is 12.1 Å². The summed E-state index contributed by atoms with van der Waals surface area (Å²) in [4.78, 5) is 14.8. The van der Waals surface area contributed by atoms with Gasteiger partial charge in [0.05, 0.1) is 5.56 Å². The Morgan fingerprint density at radius 1 is 1.14 bits per heavy atom. The van der Waals surface area contributed by atoms with Crippen molar-refractivity contribution >= 4 is 11.6 Å². The molecule has 2 aromatic carbocycles. The van der Waals surface area contributed by atoms with Crippen LogP contribution in [0.1, 0.15) is 22.8 Å². The van der Waals surface area contributed by atoms with E-state index in [9.17, 15) is 4.79 Å². The summed E-state index contributed by atoms with van der Waals surface area (Å²) in [5.74, 6) is 1.16. The largest absolute Gasteiger partial charge is 0.454 e. The molecule has 0 saturated carbocycles. The summed E-state index contributed by atoms with van der Waals surface area (Å²) in [5, 5.41) is 0. The van der Waals surface area contributed by atoms with E-state index in [0.29, 0.717) is 17.1 Å². The van der Waals surface area contributed by atoms with Crippen LogP contribution in [0.25, 0.3) is 0 Å². The van der Waals surface area contributed by atoms with Crippen molar-refractivity contribution in [1.29, 1.82) is 0 Å². The van der Waals surface area contributed by atoms with Crippen molar-refractivity contribution in [2.75, 3.05) is 11.7 Å². The highest BCUT2D eigenvalue weighted by Gasteiger charge is 2.33. The van der Waals surface area contributed by atoms with Crippen LogP contribution in [0.3, 0.4) is 0 Å². The van der Waals surface area contributed by atoms with E-state index >= 15 is 0 Å². The molecule has 1 amide bonds. The highest BCUT2D eigenvalue weighted by atomic mass is 16.7. The topological polar surface area (TPSA) is 38.8 Å². The minimum absolute atomic E-state index is 0.0326. The molecule has 0 spiro atoms. The number of para-hydroxylation sites is 2. The summed E-state index contributed by atoms with van der Waals surface area (Å²) in [6.45, 7) is 2.24. The molecule has 106 valence electrons. The van der Waals surface area contributed by atoms with Gasteiger partial charge in [0, 0.05) is 11.7 Å². The number of hydrogen-bond acceptors (Lipinski definition) is 3. The van der Waals surface area contributed by atoms with Crippen LogP contribution in [0.4, 0.5) is 5.69 Å². The Hall–Kier alpha value is -2.49. The lowest BCUT2D eigenvalue weighted by molar-refractivity contribution is 0.0977. The number of rotatable bonds is 1. The monoisotopic (exact) mass is 281 g/mol. The molecule has 0 fully saturated rings. The highest BCUT2D eigenvalue weighted by Crippen LogP contribution is 2.39. The number of carbonyl (C=O) groups excluding carboxylic acids is 1. The summed E-state index contributed by atoms with van der Waals surface area (Å²) in [7, 11) is 0. The minimum Gasteiger partial charge on any atom is -0.454 e. The third-order valence-electron chi connectivity index (χ3n) is 4.05. The first-order chi connectivity index (χ1) is 10.3. The molecule has 4 heteroatoms. The number of amides is 1. The molecule has 0 N–H and O–H groups in total. The van der Waals surface area contributed by atoms with Gasteiger partial charge in [0.15, 0.2) is 11.5 Å². The summed E-state index contributed by atoms with van der Waals surface area (Å²) in [6, 6.07) is 13.6. The number of ether oxygens (including phenoxy) is 2. The standard InChI is InChI=1S/C17H15NO3/c1-11-9-12-5-2-3-7-14(12)18(11)17(19)13-6-4-8-15-16(13)21-10-20-15/h2-8,11H,9-10H2,1H3. The summed E-state index contributed by atoms with van der Waals surface area (Å²) in [5.41, 5.74) is 2.77. The number of benzene rings is 2. The lowest BCUT2D eigenvalue weighted by atomic mass is 10.1. The molecule has 0 saturated heterocycles. The zero-order chi connectivity index (χ0) is 14.4. The Labute approximate surface area is 122 Å². The van der Waals surface area contributed by atoms with Gasteiger partial charge in [-0.15, -0.1) is 0 Å². The molecule has 4 nitrogen and oxygen atoms in total. The Morgan fingerprint density at radius 2 is 2.00 bits per heavy atom. The van der Waals surface area contributed by atoms with E-state index in [4.69, 9.17) is 9.47 Å². The molecule has 0 bridgehead atoms. The predicted molar refractivity (Wildman–Crippen MR) is 79.0 cm³/mol. The quantitative estimate of drug-likeness (QED) is 0.806. The summed E-state index contributed by atoms with van der Waals surface area (Å²) in [6.07, 6.45) is 0.883. The minimum atomic E-state index is -0.0326. The van der Waals surface area contributed by atoms with Crippen molar-refractivity contribution in [3.8, 4) is 11.5 Å². The maximum absolute atomic E-state index is 13.0. The smallest absolute Gasteiger partial charge is 0.262 e. The normalized spacial score (nSPS) is 18.7. The molecule has 1 unspecified atom stereocenters. The Bertz CT molecular complexity index is 726. The molecule has 2 heterocycles. The predicted octanol–water partition coefficient (Wildman–Crippen LogP) is 3.01. The van der Waals surface area contributed by atoms with E-state index in [1.807, 2.05) is 35.2 Å². The van der Waals surface area contributed by atoms with Gasteiger partial charge in [-0.2, -0.15) is 0 Å². The van der Waals surface area contributed by atoms with E-state index in [2.05, 4.69) is 13.0 Å². The van der Waals surface area contributed by atoms with Crippen molar-refractivity contribution in [3.05, 3.63) is 53.6 Å². The van der Waals surface area contributed by atoms with Crippen molar-refractivity contribution < 1.29 is 14.3 Å². The fraction of sp³-hybridized carbons (Fsp3) is 0.235. The van der Waals surface area contributed by atoms with E-state index in [-0.39, 0.29) is 18.7 Å². The fourth-order valence-electron chi connectivity index (χ4n) is 3.10. The summed E-state index contributed by atoms with van der Waals surface area (Å²) < 4.78 is 10.8. The lowest BCUT2D eigenvalue weighted by Crippen LogP contribution is -2.35. The van der Waals surface area contributed by atoms with E-state index in [1.165, 1.54) is 5.56 Å². The van der Waals surface area contributed by atoms with Gasteiger partial charge in [-0.25, -0.2) is 0 Å². The van der Waals surface area contributed by atoms with Crippen molar-refractivity contribution in [1.82, 2.24) is 0 Å². The Kier molecular flexibility index (Phi) is 2.64. The van der Waals surface area contributed by atoms with Crippen molar-refractivity contribution in [2.45, 2.75) is 19.4 Å². The molecular weight excluding hydrogens is 266 g/mol. The summed E-state index contributed by atoms with van der Waals surface area (Å²) >= 11 is 0. The molecular formula is C17H15NO3. The van der Waals surface area contributed by atoms with Crippen LogP contribution in [0.2, 0.25) is 0 Å². The molecule has 1 atom stereocenters. The molecule has 0 radical (unpaired) electrons. The van der Waals surface area contributed by atoms with Crippen LogP contribution in [0.15, 0.2) is 42.5 Å². The van der Waals surface area contributed by atoms with Gasteiger partial charge < -0.3 is 14.4 Å². The second kappa shape index (κ2) is 4.52. The third kappa shape index (κ3) is 1.79. The zero-order valence-electron chi connectivity index (χ0n) is 11.7. The Balaban J connectivity index is 1.78. The van der Waals surface area contributed by atoms with E-state index < -0.39 is 0 Å². The lowest BCUT2D eigenvalue weighted by Gasteiger charge is -2.23. The van der Waals surface area contributed by atoms with Crippen molar-refractivity contribution in [2.24, 2.45) is 0 Å². The van der Waals surface area contributed by atoms with Gasteiger partial charge >= 0.3 is 0 Å². The van der Waals surface area contributed by atoms with Gasteiger partial charge in [0.25, 0.3) is 5.91 Å². The van der Waals surface area contributed by atoms with Crippen LogP contribution in [0, 0.1) is 0 Å². The first-order valence-electron chi connectivity index (χ1n) is 7.06. The third-order valence-corrected chi connectivity index (χ3v) is 4.05. The SMILES string of the molecule is CC1Cc2ccccc2N1C(=O)c1cccc2c1OCO2.